The van der Waals surface area contributed by atoms with E-state index in [9.17, 15) is 8.42 Å². The SMILES string of the molecule is Cc1ccc(S(=O)(=O)Nc2ccccc2Cl)c(Br)c1. The molecule has 2 aromatic rings. The van der Waals surface area contributed by atoms with Gasteiger partial charge in [-0.15, -0.1) is 0 Å². The maximum absolute atomic E-state index is 12.3. The molecule has 0 aliphatic rings. The van der Waals surface area contributed by atoms with Crippen LogP contribution in [0.25, 0.3) is 0 Å². The number of sulfonamides is 1. The Bertz CT molecular complexity index is 716. The van der Waals surface area contributed by atoms with Crippen molar-refractivity contribution in [1.82, 2.24) is 0 Å². The van der Waals surface area contributed by atoms with E-state index in [1.807, 2.05) is 6.92 Å². The van der Waals surface area contributed by atoms with Crippen LogP contribution in [0.15, 0.2) is 51.8 Å². The topological polar surface area (TPSA) is 46.2 Å². The van der Waals surface area contributed by atoms with Crippen molar-refractivity contribution in [1.29, 1.82) is 0 Å². The molecule has 0 atom stereocenters. The van der Waals surface area contributed by atoms with E-state index in [0.717, 1.165) is 5.56 Å². The van der Waals surface area contributed by atoms with E-state index < -0.39 is 10.0 Å². The minimum Gasteiger partial charge on any atom is -0.278 e. The molecule has 19 heavy (non-hydrogen) atoms. The predicted molar refractivity (Wildman–Crippen MR) is 81.1 cm³/mol. The van der Waals surface area contributed by atoms with Crippen LogP contribution in [0.3, 0.4) is 0 Å². The zero-order valence-corrected chi connectivity index (χ0v) is 13.2. The first kappa shape index (κ1) is 14.4. The molecule has 0 unspecified atom stereocenters. The lowest BCUT2D eigenvalue weighted by Gasteiger charge is -2.11. The third-order valence-corrected chi connectivity index (χ3v) is 5.17. The highest BCUT2D eigenvalue weighted by molar-refractivity contribution is 9.10. The fourth-order valence-corrected chi connectivity index (χ4v) is 4.08. The minimum atomic E-state index is -3.66. The summed E-state index contributed by atoms with van der Waals surface area (Å²) in [6.07, 6.45) is 0. The molecule has 0 amide bonds. The quantitative estimate of drug-likeness (QED) is 0.891. The predicted octanol–water partition coefficient (Wildman–Crippen LogP) is 4.21. The first-order chi connectivity index (χ1) is 8.90. The average Bonchev–Trinajstić information content (AvgIpc) is 2.31. The maximum Gasteiger partial charge on any atom is 0.263 e. The summed E-state index contributed by atoms with van der Waals surface area (Å²) in [5.74, 6) is 0. The second-order valence-corrected chi connectivity index (χ2v) is 6.93. The van der Waals surface area contributed by atoms with Gasteiger partial charge in [0, 0.05) is 4.47 Å². The van der Waals surface area contributed by atoms with E-state index >= 15 is 0 Å². The Hall–Kier alpha value is -1.04. The maximum atomic E-state index is 12.3. The smallest absolute Gasteiger partial charge is 0.263 e. The van der Waals surface area contributed by atoms with Crippen molar-refractivity contribution in [3.63, 3.8) is 0 Å². The van der Waals surface area contributed by atoms with Gasteiger partial charge in [0.05, 0.1) is 10.7 Å². The molecule has 0 heterocycles. The Kier molecular flexibility index (Phi) is 4.18. The van der Waals surface area contributed by atoms with E-state index in [-0.39, 0.29) is 4.90 Å². The molecular formula is C13H11BrClNO2S. The summed E-state index contributed by atoms with van der Waals surface area (Å²) in [4.78, 5) is 0.179. The van der Waals surface area contributed by atoms with Gasteiger partial charge in [0.25, 0.3) is 10.0 Å². The van der Waals surface area contributed by atoms with Gasteiger partial charge < -0.3 is 0 Å². The Morgan fingerprint density at radius 2 is 1.84 bits per heavy atom. The highest BCUT2D eigenvalue weighted by Crippen LogP contribution is 2.28. The summed E-state index contributed by atoms with van der Waals surface area (Å²) in [7, 11) is -3.66. The van der Waals surface area contributed by atoms with Crippen LogP contribution in [0.1, 0.15) is 5.56 Å². The van der Waals surface area contributed by atoms with Crippen LogP contribution in [-0.2, 0) is 10.0 Å². The Morgan fingerprint density at radius 3 is 2.47 bits per heavy atom. The number of hydrogen-bond acceptors (Lipinski definition) is 2. The largest absolute Gasteiger partial charge is 0.278 e. The summed E-state index contributed by atoms with van der Waals surface area (Å²) >= 11 is 9.21. The van der Waals surface area contributed by atoms with Crippen LogP contribution in [0.5, 0.6) is 0 Å². The van der Waals surface area contributed by atoms with E-state index in [0.29, 0.717) is 15.2 Å². The zero-order chi connectivity index (χ0) is 14.0. The highest BCUT2D eigenvalue weighted by Gasteiger charge is 2.18. The van der Waals surface area contributed by atoms with Crippen molar-refractivity contribution in [2.45, 2.75) is 11.8 Å². The number of anilines is 1. The lowest BCUT2D eigenvalue weighted by atomic mass is 10.2. The van der Waals surface area contributed by atoms with Crippen molar-refractivity contribution in [2.75, 3.05) is 4.72 Å². The zero-order valence-electron chi connectivity index (χ0n) is 10.0. The molecule has 0 aliphatic heterocycles. The first-order valence-electron chi connectivity index (χ1n) is 5.43. The number of hydrogen-bond donors (Lipinski definition) is 1. The number of para-hydroxylation sites is 1. The molecule has 2 rings (SSSR count). The van der Waals surface area contributed by atoms with Gasteiger partial charge in [0.1, 0.15) is 4.90 Å². The number of aryl methyl sites for hydroxylation is 1. The van der Waals surface area contributed by atoms with E-state index in [1.54, 1.807) is 42.5 Å². The number of rotatable bonds is 3. The van der Waals surface area contributed by atoms with Gasteiger partial charge in [-0.3, -0.25) is 4.72 Å². The third kappa shape index (κ3) is 3.29. The van der Waals surface area contributed by atoms with Crippen molar-refractivity contribution in [3.8, 4) is 0 Å². The number of benzene rings is 2. The average molecular weight is 361 g/mol. The molecule has 0 radical (unpaired) electrons. The molecule has 0 aromatic heterocycles. The van der Waals surface area contributed by atoms with Crippen molar-refractivity contribution < 1.29 is 8.42 Å². The molecule has 0 fully saturated rings. The van der Waals surface area contributed by atoms with Crippen molar-refractivity contribution >= 4 is 43.2 Å². The fraction of sp³-hybridized carbons (Fsp3) is 0.0769. The van der Waals surface area contributed by atoms with Gasteiger partial charge in [-0.25, -0.2) is 8.42 Å². The van der Waals surface area contributed by atoms with Crippen LogP contribution in [0.4, 0.5) is 5.69 Å². The molecule has 2 aromatic carbocycles. The highest BCUT2D eigenvalue weighted by atomic mass is 79.9. The van der Waals surface area contributed by atoms with E-state index in [2.05, 4.69) is 20.7 Å². The van der Waals surface area contributed by atoms with Crippen LogP contribution in [0, 0.1) is 6.92 Å². The van der Waals surface area contributed by atoms with Gasteiger partial charge in [-0.1, -0.05) is 29.8 Å². The fourth-order valence-electron chi connectivity index (χ4n) is 1.57. The Balaban J connectivity index is 2.41. The normalized spacial score (nSPS) is 11.3. The van der Waals surface area contributed by atoms with Crippen LogP contribution in [-0.4, -0.2) is 8.42 Å². The molecule has 100 valence electrons. The number of halogens is 2. The second kappa shape index (κ2) is 5.53. The van der Waals surface area contributed by atoms with Crippen LogP contribution < -0.4 is 4.72 Å². The number of nitrogens with one attached hydrogen (secondary N) is 1. The van der Waals surface area contributed by atoms with Gasteiger partial charge in [0.15, 0.2) is 0 Å². The first-order valence-corrected chi connectivity index (χ1v) is 8.09. The van der Waals surface area contributed by atoms with Gasteiger partial charge in [-0.2, -0.15) is 0 Å². The molecule has 0 aliphatic carbocycles. The van der Waals surface area contributed by atoms with Crippen LogP contribution >= 0.6 is 27.5 Å². The Morgan fingerprint density at radius 1 is 1.16 bits per heavy atom. The molecule has 1 N–H and O–H groups in total. The summed E-state index contributed by atoms with van der Waals surface area (Å²) in [6, 6.07) is 11.7. The molecule has 3 nitrogen and oxygen atoms in total. The van der Waals surface area contributed by atoms with Gasteiger partial charge >= 0.3 is 0 Å². The summed E-state index contributed by atoms with van der Waals surface area (Å²) in [5.41, 5.74) is 1.33. The molecule has 0 saturated heterocycles. The van der Waals surface area contributed by atoms with E-state index in [1.165, 1.54) is 0 Å². The lowest BCUT2D eigenvalue weighted by Crippen LogP contribution is -2.13. The summed E-state index contributed by atoms with van der Waals surface area (Å²) < 4.78 is 27.6. The summed E-state index contributed by atoms with van der Waals surface area (Å²) in [6.45, 7) is 1.89. The molecule has 0 spiro atoms. The molecule has 6 heteroatoms. The van der Waals surface area contributed by atoms with Crippen molar-refractivity contribution in [2.24, 2.45) is 0 Å². The molecule has 0 saturated carbocycles. The molecule has 0 bridgehead atoms. The standard InChI is InChI=1S/C13H11BrClNO2S/c1-9-6-7-13(10(14)8-9)19(17,18)16-12-5-3-2-4-11(12)15/h2-8,16H,1H3. The second-order valence-electron chi connectivity index (χ2n) is 4.02. The molecular weight excluding hydrogens is 350 g/mol. The lowest BCUT2D eigenvalue weighted by molar-refractivity contribution is 0.600. The Labute approximate surface area is 125 Å². The minimum absolute atomic E-state index is 0.179. The monoisotopic (exact) mass is 359 g/mol. The summed E-state index contributed by atoms with van der Waals surface area (Å²) in [5, 5.41) is 0.356. The van der Waals surface area contributed by atoms with E-state index in [4.69, 9.17) is 11.6 Å². The van der Waals surface area contributed by atoms with Gasteiger partial charge in [0.2, 0.25) is 0 Å². The van der Waals surface area contributed by atoms with Crippen molar-refractivity contribution in [3.05, 3.63) is 57.5 Å². The van der Waals surface area contributed by atoms with Gasteiger partial charge in [-0.05, 0) is 52.7 Å². The third-order valence-electron chi connectivity index (χ3n) is 2.50. The van der Waals surface area contributed by atoms with Crippen LogP contribution in [0.2, 0.25) is 5.02 Å².